The van der Waals surface area contributed by atoms with Crippen LogP contribution in [0.4, 0.5) is 4.79 Å². The number of nitrogens with two attached hydrogens (primary N) is 1. The third kappa shape index (κ3) is 3.99. The van der Waals surface area contributed by atoms with Crippen LogP contribution in [-0.2, 0) is 13.1 Å². The van der Waals surface area contributed by atoms with Gasteiger partial charge in [0, 0.05) is 32.0 Å². The number of nitrogens with zero attached hydrogens (tertiary/aromatic N) is 2. The predicted octanol–water partition coefficient (Wildman–Crippen LogP) is -0.339. The first-order chi connectivity index (χ1) is 7.24. The number of primary amides is 1. The average molecular weight is 211 g/mol. The first-order valence-electron chi connectivity index (χ1n) is 4.98. The van der Waals surface area contributed by atoms with Crippen molar-refractivity contribution in [2.75, 3.05) is 13.1 Å². The van der Waals surface area contributed by atoms with Gasteiger partial charge in [0.15, 0.2) is 0 Å². The van der Waals surface area contributed by atoms with Gasteiger partial charge in [-0.3, -0.25) is 0 Å². The van der Waals surface area contributed by atoms with Gasteiger partial charge in [-0.05, 0) is 6.92 Å². The second-order valence-corrected chi connectivity index (χ2v) is 3.10. The number of carbonyl (C=O) groups excluding carboxylic acids is 1. The van der Waals surface area contributed by atoms with Crippen LogP contribution in [0.2, 0.25) is 0 Å². The van der Waals surface area contributed by atoms with Crippen molar-refractivity contribution >= 4 is 6.03 Å². The zero-order chi connectivity index (χ0) is 11.1. The molecule has 84 valence electrons. The summed E-state index contributed by atoms with van der Waals surface area (Å²) in [6.45, 7) is 4.89. The second kappa shape index (κ2) is 6.02. The van der Waals surface area contributed by atoms with Crippen LogP contribution in [0.25, 0.3) is 0 Å². The predicted molar refractivity (Wildman–Crippen MR) is 57.2 cm³/mol. The Morgan fingerprint density at radius 3 is 3.07 bits per heavy atom. The minimum absolute atomic E-state index is 0.494. The Hall–Kier alpha value is -1.56. The fourth-order valence-electron chi connectivity index (χ4n) is 1.27. The van der Waals surface area contributed by atoms with Crippen molar-refractivity contribution in [3.05, 3.63) is 18.2 Å². The molecule has 15 heavy (non-hydrogen) atoms. The van der Waals surface area contributed by atoms with Gasteiger partial charge >= 0.3 is 6.03 Å². The highest BCUT2D eigenvalue weighted by Gasteiger charge is 1.99. The molecule has 0 aliphatic carbocycles. The normalized spacial score (nSPS) is 10.2. The Morgan fingerprint density at radius 1 is 1.60 bits per heavy atom. The Labute approximate surface area is 88.9 Å². The molecule has 2 amide bonds. The molecule has 0 fully saturated rings. The standard InChI is InChI=1S/C9H17N5O/c1-2-14-6-5-12-8(14)7-11-3-4-13-9(10)15/h5-6,11H,2-4,7H2,1H3,(H3,10,13,15). The van der Waals surface area contributed by atoms with E-state index in [2.05, 4.69) is 27.1 Å². The van der Waals surface area contributed by atoms with Gasteiger partial charge < -0.3 is 20.9 Å². The zero-order valence-electron chi connectivity index (χ0n) is 8.86. The second-order valence-electron chi connectivity index (χ2n) is 3.10. The van der Waals surface area contributed by atoms with Crippen molar-refractivity contribution < 1.29 is 4.79 Å². The SMILES string of the molecule is CCn1ccnc1CNCCNC(N)=O. The summed E-state index contributed by atoms with van der Waals surface area (Å²) in [7, 11) is 0. The number of amides is 2. The average Bonchev–Trinajstić information content (AvgIpc) is 2.64. The topological polar surface area (TPSA) is 85.0 Å². The van der Waals surface area contributed by atoms with Crippen LogP contribution in [0.5, 0.6) is 0 Å². The molecule has 0 spiro atoms. The number of rotatable bonds is 6. The summed E-state index contributed by atoms with van der Waals surface area (Å²) >= 11 is 0. The van der Waals surface area contributed by atoms with Gasteiger partial charge in [-0.25, -0.2) is 9.78 Å². The smallest absolute Gasteiger partial charge is 0.312 e. The molecule has 1 aromatic heterocycles. The Balaban J connectivity index is 2.17. The molecular formula is C9H17N5O. The summed E-state index contributed by atoms with van der Waals surface area (Å²) in [6.07, 6.45) is 3.72. The lowest BCUT2D eigenvalue weighted by atomic mass is 10.5. The van der Waals surface area contributed by atoms with E-state index < -0.39 is 6.03 Å². The maximum atomic E-state index is 10.4. The Bertz CT molecular complexity index is 309. The van der Waals surface area contributed by atoms with E-state index in [4.69, 9.17) is 5.73 Å². The van der Waals surface area contributed by atoms with E-state index in [9.17, 15) is 4.79 Å². The molecule has 0 radical (unpaired) electrons. The number of nitrogens with one attached hydrogen (secondary N) is 2. The maximum absolute atomic E-state index is 10.4. The van der Waals surface area contributed by atoms with Crippen LogP contribution in [0.15, 0.2) is 12.4 Å². The van der Waals surface area contributed by atoms with Crippen molar-refractivity contribution in [1.29, 1.82) is 0 Å². The van der Waals surface area contributed by atoms with Crippen LogP contribution in [0, 0.1) is 0 Å². The third-order valence-corrected chi connectivity index (χ3v) is 2.03. The maximum Gasteiger partial charge on any atom is 0.312 e. The van der Waals surface area contributed by atoms with Gasteiger partial charge in [0.25, 0.3) is 0 Å². The van der Waals surface area contributed by atoms with Crippen LogP contribution in [-0.4, -0.2) is 28.7 Å². The molecule has 4 N–H and O–H groups in total. The summed E-state index contributed by atoms with van der Waals surface area (Å²) < 4.78 is 2.06. The fourth-order valence-corrected chi connectivity index (χ4v) is 1.27. The van der Waals surface area contributed by atoms with Gasteiger partial charge in [0.1, 0.15) is 5.82 Å². The lowest BCUT2D eigenvalue weighted by Crippen LogP contribution is -2.35. The van der Waals surface area contributed by atoms with Gasteiger partial charge in [-0.1, -0.05) is 0 Å². The highest BCUT2D eigenvalue weighted by atomic mass is 16.2. The molecule has 1 heterocycles. The van der Waals surface area contributed by atoms with Crippen LogP contribution in [0.3, 0.4) is 0 Å². The molecule has 0 aliphatic rings. The summed E-state index contributed by atoms with van der Waals surface area (Å²) in [5, 5.41) is 5.67. The summed E-state index contributed by atoms with van der Waals surface area (Å²) in [5.74, 6) is 0.997. The van der Waals surface area contributed by atoms with Crippen LogP contribution >= 0.6 is 0 Å². The molecule has 0 bridgehead atoms. The zero-order valence-corrected chi connectivity index (χ0v) is 8.86. The summed E-state index contributed by atoms with van der Waals surface area (Å²) in [4.78, 5) is 14.6. The van der Waals surface area contributed by atoms with Crippen molar-refractivity contribution in [2.45, 2.75) is 20.0 Å². The molecule has 0 atom stereocenters. The number of urea groups is 1. The highest BCUT2D eigenvalue weighted by Crippen LogP contribution is 1.95. The molecule has 1 rings (SSSR count). The van der Waals surface area contributed by atoms with E-state index in [0.29, 0.717) is 19.6 Å². The highest BCUT2D eigenvalue weighted by molar-refractivity contribution is 5.71. The molecule has 6 heteroatoms. The van der Waals surface area contributed by atoms with Crippen LogP contribution in [0.1, 0.15) is 12.7 Å². The third-order valence-electron chi connectivity index (χ3n) is 2.03. The molecule has 0 aliphatic heterocycles. The summed E-state index contributed by atoms with van der Waals surface area (Å²) in [5.41, 5.74) is 4.92. The van der Waals surface area contributed by atoms with Gasteiger partial charge in [-0.2, -0.15) is 0 Å². The molecule has 0 unspecified atom stereocenters. The van der Waals surface area contributed by atoms with Crippen molar-refractivity contribution in [3.63, 3.8) is 0 Å². The van der Waals surface area contributed by atoms with Gasteiger partial charge in [0.05, 0.1) is 6.54 Å². The van der Waals surface area contributed by atoms with E-state index in [1.165, 1.54) is 0 Å². The number of hydrogen-bond donors (Lipinski definition) is 3. The van der Waals surface area contributed by atoms with Crippen molar-refractivity contribution in [2.24, 2.45) is 5.73 Å². The lowest BCUT2D eigenvalue weighted by molar-refractivity contribution is 0.249. The minimum Gasteiger partial charge on any atom is -0.352 e. The van der Waals surface area contributed by atoms with E-state index in [0.717, 1.165) is 12.4 Å². The fraction of sp³-hybridized carbons (Fsp3) is 0.556. The first kappa shape index (κ1) is 11.5. The largest absolute Gasteiger partial charge is 0.352 e. The minimum atomic E-state index is -0.494. The molecule has 0 aromatic carbocycles. The Morgan fingerprint density at radius 2 is 2.40 bits per heavy atom. The van der Waals surface area contributed by atoms with Crippen LogP contribution < -0.4 is 16.4 Å². The quantitative estimate of drug-likeness (QED) is 0.563. The van der Waals surface area contributed by atoms with Crippen molar-refractivity contribution in [1.82, 2.24) is 20.2 Å². The van der Waals surface area contributed by atoms with Gasteiger partial charge in [0.2, 0.25) is 0 Å². The molecule has 1 aromatic rings. The number of aromatic nitrogens is 2. The van der Waals surface area contributed by atoms with E-state index in [1.54, 1.807) is 6.20 Å². The first-order valence-corrected chi connectivity index (χ1v) is 4.98. The number of hydrogen-bond acceptors (Lipinski definition) is 3. The Kier molecular flexibility index (Phi) is 4.62. The van der Waals surface area contributed by atoms with E-state index >= 15 is 0 Å². The van der Waals surface area contributed by atoms with Gasteiger partial charge in [-0.15, -0.1) is 0 Å². The number of imidazole rings is 1. The molecule has 0 saturated carbocycles. The monoisotopic (exact) mass is 211 g/mol. The van der Waals surface area contributed by atoms with Crippen molar-refractivity contribution in [3.8, 4) is 0 Å². The lowest BCUT2D eigenvalue weighted by Gasteiger charge is -2.06. The van der Waals surface area contributed by atoms with E-state index in [-0.39, 0.29) is 0 Å². The molecular weight excluding hydrogens is 194 g/mol. The number of aryl methyl sites for hydroxylation is 1. The van der Waals surface area contributed by atoms with E-state index in [1.807, 2.05) is 6.20 Å². The molecule has 6 nitrogen and oxygen atoms in total. The molecule has 0 saturated heterocycles. The number of carbonyl (C=O) groups is 1. The summed E-state index contributed by atoms with van der Waals surface area (Å²) in [6, 6.07) is -0.494.